The van der Waals surface area contributed by atoms with E-state index in [1.165, 1.54) is 56.3 Å². The Morgan fingerprint density at radius 2 is 1.81 bits per heavy atom. The third-order valence-electron chi connectivity index (χ3n) is 4.55. The van der Waals surface area contributed by atoms with Crippen LogP contribution in [0.25, 0.3) is 0 Å². The van der Waals surface area contributed by atoms with Crippen LogP contribution in [0.15, 0.2) is 18.2 Å². The molecule has 1 aromatic rings. The van der Waals surface area contributed by atoms with Crippen LogP contribution in [0.4, 0.5) is 0 Å². The fraction of sp³-hybridized carbons (Fsp3) is 0.667. The van der Waals surface area contributed by atoms with Crippen LogP contribution in [0.1, 0.15) is 57.1 Å². The minimum atomic E-state index is 0. The molecule has 1 aliphatic carbocycles. The van der Waals surface area contributed by atoms with Gasteiger partial charge in [0.1, 0.15) is 5.75 Å². The molecule has 0 saturated carbocycles. The van der Waals surface area contributed by atoms with Crippen molar-refractivity contribution in [2.24, 2.45) is 0 Å². The van der Waals surface area contributed by atoms with Crippen molar-refractivity contribution >= 4 is 17.0 Å². The van der Waals surface area contributed by atoms with Gasteiger partial charge in [0, 0.05) is 6.04 Å². The smallest absolute Gasteiger partial charge is 0.119 e. The first-order valence-electron chi connectivity index (χ1n) is 8.30. The molecule has 0 aromatic heterocycles. The highest BCUT2D eigenvalue weighted by Gasteiger charge is 2.25. The maximum absolute atomic E-state index is 10.1. The number of benzene rings is 1. The van der Waals surface area contributed by atoms with Gasteiger partial charge < -0.3 is 10.0 Å². The zero-order valence-electron chi connectivity index (χ0n) is 13.5. The van der Waals surface area contributed by atoms with Gasteiger partial charge in [-0.3, -0.25) is 0 Å². The summed E-state index contributed by atoms with van der Waals surface area (Å²) in [4.78, 5) is 2.67. The van der Waals surface area contributed by atoms with Crippen LogP contribution in [0.2, 0.25) is 0 Å². The van der Waals surface area contributed by atoms with Crippen LogP contribution < -0.4 is 0 Å². The average Bonchev–Trinajstić information content (AvgIpc) is 2.48. The Bertz CT molecular complexity index is 414. The second-order valence-electron chi connectivity index (χ2n) is 6.05. The normalized spacial score (nSPS) is 17.4. The van der Waals surface area contributed by atoms with E-state index < -0.39 is 0 Å². The number of fused-ring (bicyclic) bond motifs is 1. The third-order valence-corrected chi connectivity index (χ3v) is 4.55. The average molecular weight is 356 g/mol. The van der Waals surface area contributed by atoms with Crippen LogP contribution in [0.5, 0.6) is 5.75 Å². The van der Waals surface area contributed by atoms with Crippen LogP contribution in [0.3, 0.4) is 0 Å². The predicted octanol–water partition coefficient (Wildman–Crippen LogP) is 4.73. The van der Waals surface area contributed by atoms with Crippen molar-refractivity contribution in [1.29, 1.82) is 0 Å². The summed E-state index contributed by atoms with van der Waals surface area (Å²) < 4.78 is 0. The molecule has 21 heavy (non-hydrogen) atoms. The standard InChI is InChI=1S/C18H29NO.BrH/c1-3-5-12-19(13-6-4-2)16-11-10-15-8-7-9-18(20)17(15)14-16;/h7-9,16,20H,3-6,10-14H2,1-2H3;1H. The quantitative estimate of drug-likeness (QED) is 0.764. The van der Waals surface area contributed by atoms with Crippen molar-refractivity contribution in [3.63, 3.8) is 0 Å². The molecule has 0 fully saturated rings. The molecule has 1 aliphatic rings. The van der Waals surface area contributed by atoms with Gasteiger partial charge in [0.15, 0.2) is 0 Å². The highest BCUT2D eigenvalue weighted by Crippen LogP contribution is 2.31. The van der Waals surface area contributed by atoms with Crippen LogP contribution in [-0.2, 0) is 12.8 Å². The van der Waals surface area contributed by atoms with E-state index in [9.17, 15) is 5.11 Å². The van der Waals surface area contributed by atoms with Gasteiger partial charge in [0.2, 0.25) is 0 Å². The number of rotatable bonds is 7. The van der Waals surface area contributed by atoms with Crippen molar-refractivity contribution in [2.45, 2.75) is 64.8 Å². The van der Waals surface area contributed by atoms with E-state index in [4.69, 9.17) is 0 Å². The van der Waals surface area contributed by atoms with E-state index in [1.807, 2.05) is 12.1 Å². The van der Waals surface area contributed by atoms with E-state index in [0.717, 1.165) is 12.8 Å². The lowest BCUT2D eigenvalue weighted by molar-refractivity contribution is 0.173. The first-order chi connectivity index (χ1) is 9.76. The molecular formula is C18H30BrNO. The molecular weight excluding hydrogens is 326 g/mol. The van der Waals surface area contributed by atoms with E-state index >= 15 is 0 Å². The summed E-state index contributed by atoms with van der Waals surface area (Å²) in [5.74, 6) is 0.498. The number of hydrogen-bond donors (Lipinski definition) is 1. The van der Waals surface area contributed by atoms with Gasteiger partial charge in [-0.25, -0.2) is 0 Å². The molecule has 1 unspecified atom stereocenters. The molecule has 0 heterocycles. The molecule has 2 rings (SSSR count). The van der Waals surface area contributed by atoms with Gasteiger partial charge in [-0.2, -0.15) is 0 Å². The zero-order valence-corrected chi connectivity index (χ0v) is 15.2. The van der Waals surface area contributed by atoms with Crippen molar-refractivity contribution < 1.29 is 5.11 Å². The predicted molar refractivity (Wildman–Crippen MR) is 95.6 cm³/mol. The monoisotopic (exact) mass is 355 g/mol. The SMILES string of the molecule is Br.CCCCN(CCCC)C1CCc2cccc(O)c2C1. The molecule has 0 radical (unpaired) electrons. The van der Waals surface area contributed by atoms with Crippen LogP contribution in [0, 0.1) is 0 Å². The molecule has 0 spiro atoms. The molecule has 2 nitrogen and oxygen atoms in total. The summed E-state index contributed by atoms with van der Waals surface area (Å²) in [6, 6.07) is 6.60. The van der Waals surface area contributed by atoms with E-state index in [-0.39, 0.29) is 17.0 Å². The van der Waals surface area contributed by atoms with Gasteiger partial charge in [-0.1, -0.05) is 38.8 Å². The second-order valence-corrected chi connectivity index (χ2v) is 6.05. The van der Waals surface area contributed by atoms with E-state index in [1.54, 1.807) is 0 Å². The number of aryl methyl sites for hydroxylation is 1. The Hall–Kier alpha value is -0.540. The van der Waals surface area contributed by atoms with Gasteiger partial charge >= 0.3 is 0 Å². The van der Waals surface area contributed by atoms with Crippen molar-refractivity contribution in [2.75, 3.05) is 13.1 Å². The molecule has 120 valence electrons. The number of phenolic OH excluding ortho intramolecular Hbond substituents is 1. The maximum atomic E-state index is 10.1. The Kier molecular flexibility index (Phi) is 8.35. The molecule has 0 aliphatic heterocycles. The lowest BCUT2D eigenvalue weighted by atomic mass is 9.86. The van der Waals surface area contributed by atoms with Gasteiger partial charge in [-0.15, -0.1) is 17.0 Å². The molecule has 0 bridgehead atoms. The number of hydrogen-bond acceptors (Lipinski definition) is 2. The fourth-order valence-electron chi connectivity index (χ4n) is 3.26. The zero-order chi connectivity index (χ0) is 14.4. The molecule has 1 aromatic carbocycles. The Balaban J connectivity index is 0.00000220. The summed E-state index contributed by atoms with van der Waals surface area (Å²) in [7, 11) is 0. The second kappa shape index (κ2) is 9.47. The topological polar surface area (TPSA) is 23.5 Å². The van der Waals surface area contributed by atoms with Crippen LogP contribution >= 0.6 is 17.0 Å². The highest BCUT2D eigenvalue weighted by atomic mass is 79.9. The minimum Gasteiger partial charge on any atom is -0.508 e. The number of phenols is 1. The minimum absolute atomic E-state index is 0. The van der Waals surface area contributed by atoms with Crippen LogP contribution in [-0.4, -0.2) is 29.1 Å². The molecule has 1 atom stereocenters. The van der Waals surface area contributed by atoms with Gasteiger partial charge in [0.05, 0.1) is 0 Å². The Labute approximate surface area is 140 Å². The number of aromatic hydroxyl groups is 1. The summed E-state index contributed by atoms with van der Waals surface area (Å²) in [5, 5.41) is 10.1. The number of unbranched alkanes of at least 4 members (excludes halogenated alkanes) is 2. The summed E-state index contributed by atoms with van der Waals surface area (Å²) >= 11 is 0. The van der Waals surface area contributed by atoms with Crippen molar-refractivity contribution in [1.82, 2.24) is 4.90 Å². The van der Waals surface area contributed by atoms with E-state index in [0.29, 0.717) is 11.8 Å². The van der Waals surface area contributed by atoms with Crippen molar-refractivity contribution in [3.05, 3.63) is 29.3 Å². The summed E-state index contributed by atoms with van der Waals surface area (Å²) in [5.41, 5.74) is 2.55. The van der Waals surface area contributed by atoms with Crippen molar-refractivity contribution in [3.8, 4) is 5.75 Å². The highest BCUT2D eigenvalue weighted by molar-refractivity contribution is 8.93. The molecule has 3 heteroatoms. The summed E-state index contributed by atoms with van der Waals surface area (Å²) in [6.45, 7) is 6.95. The first-order valence-corrected chi connectivity index (χ1v) is 8.30. The summed E-state index contributed by atoms with van der Waals surface area (Å²) in [6.07, 6.45) is 8.47. The number of halogens is 1. The largest absolute Gasteiger partial charge is 0.508 e. The lowest BCUT2D eigenvalue weighted by Crippen LogP contribution is -2.40. The van der Waals surface area contributed by atoms with Gasteiger partial charge in [-0.05, 0) is 62.4 Å². The lowest BCUT2D eigenvalue weighted by Gasteiger charge is -2.35. The Morgan fingerprint density at radius 3 is 2.43 bits per heavy atom. The molecule has 0 saturated heterocycles. The maximum Gasteiger partial charge on any atom is 0.119 e. The molecule has 1 N–H and O–H groups in total. The third kappa shape index (κ3) is 5.00. The first kappa shape index (κ1) is 18.5. The van der Waals surface area contributed by atoms with E-state index in [2.05, 4.69) is 24.8 Å². The number of nitrogens with zero attached hydrogens (tertiary/aromatic N) is 1. The van der Waals surface area contributed by atoms with Gasteiger partial charge in [0.25, 0.3) is 0 Å². The fourth-order valence-corrected chi connectivity index (χ4v) is 3.26. The molecule has 0 amide bonds. The Morgan fingerprint density at radius 1 is 1.14 bits per heavy atom.